The maximum Gasteiger partial charge on any atom is 0.338 e. The Labute approximate surface area is 202 Å². The molecule has 178 valence electrons. The van der Waals surface area contributed by atoms with Crippen LogP contribution in [0.4, 0.5) is 5.69 Å². The summed E-state index contributed by atoms with van der Waals surface area (Å²) < 4.78 is 17.8. The summed E-state index contributed by atoms with van der Waals surface area (Å²) in [4.78, 5) is 42.3. The van der Waals surface area contributed by atoms with Crippen molar-refractivity contribution in [3.63, 3.8) is 0 Å². The molecule has 10 nitrogen and oxygen atoms in total. The molecule has 2 aliphatic heterocycles. The highest BCUT2D eigenvalue weighted by Crippen LogP contribution is 2.33. The van der Waals surface area contributed by atoms with Crippen LogP contribution in [0, 0.1) is 10.1 Å². The number of nitro groups is 1. The van der Waals surface area contributed by atoms with Crippen LogP contribution in [0.1, 0.15) is 31.0 Å². The number of nitrogens with zero attached hydrogens (tertiary/aromatic N) is 3. The lowest BCUT2D eigenvalue weighted by Crippen LogP contribution is -2.39. The number of allylic oxidation sites excluding steroid dienone is 1. The summed E-state index contributed by atoms with van der Waals surface area (Å²) in [5.41, 5.74) is 1.16. The van der Waals surface area contributed by atoms with Gasteiger partial charge in [0.2, 0.25) is 6.79 Å². The number of hydrogen-bond donors (Lipinski definition) is 0. The molecule has 11 heteroatoms. The number of hydrogen-bond acceptors (Lipinski definition) is 9. The zero-order valence-corrected chi connectivity index (χ0v) is 19.5. The lowest BCUT2D eigenvalue weighted by atomic mass is 9.95. The Balaban J connectivity index is 1.71. The van der Waals surface area contributed by atoms with Gasteiger partial charge in [-0.25, -0.2) is 9.79 Å². The van der Waals surface area contributed by atoms with E-state index in [1.807, 2.05) is 0 Å². The van der Waals surface area contributed by atoms with Gasteiger partial charge in [0.05, 0.1) is 33.4 Å². The maximum atomic E-state index is 13.6. The SMILES string of the molecule is CCOC(=O)C1=C(C)N=c2s/c(=C/c3ccc4c(c3)OCO4)c(=O)n2[C@@H]1c1cccc([N+](=O)[O-])c1. The summed E-state index contributed by atoms with van der Waals surface area (Å²) in [7, 11) is 0. The molecular formula is C24H19N3O7S. The van der Waals surface area contributed by atoms with Crippen LogP contribution in [0.5, 0.6) is 11.5 Å². The first-order chi connectivity index (χ1) is 16.9. The highest BCUT2D eigenvalue weighted by molar-refractivity contribution is 7.07. The molecule has 3 aromatic rings. The highest BCUT2D eigenvalue weighted by atomic mass is 32.1. The number of thiazole rings is 1. The third kappa shape index (κ3) is 3.99. The molecule has 0 saturated heterocycles. The molecule has 0 unspecified atom stereocenters. The van der Waals surface area contributed by atoms with Crippen molar-refractivity contribution in [1.29, 1.82) is 0 Å². The summed E-state index contributed by atoms with van der Waals surface area (Å²) in [5, 5.41) is 11.4. The molecule has 1 aromatic heterocycles. The fourth-order valence-corrected chi connectivity index (χ4v) is 5.12. The summed E-state index contributed by atoms with van der Waals surface area (Å²) in [5.74, 6) is 0.584. The fraction of sp³-hybridized carbons (Fsp3) is 0.208. The normalized spacial score (nSPS) is 16.6. The second-order valence-corrected chi connectivity index (χ2v) is 8.78. The summed E-state index contributed by atoms with van der Waals surface area (Å²) in [6.07, 6.45) is 1.71. The van der Waals surface area contributed by atoms with Gasteiger partial charge in [-0.1, -0.05) is 29.5 Å². The molecule has 2 aromatic carbocycles. The first-order valence-corrected chi connectivity index (χ1v) is 11.5. The van der Waals surface area contributed by atoms with Gasteiger partial charge < -0.3 is 14.2 Å². The number of aromatic nitrogens is 1. The van der Waals surface area contributed by atoms with Crippen LogP contribution in [0.3, 0.4) is 0 Å². The van der Waals surface area contributed by atoms with E-state index in [2.05, 4.69) is 4.99 Å². The molecule has 0 radical (unpaired) electrons. The zero-order valence-electron chi connectivity index (χ0n) is 18.7. The van der Waals surface area contributed by atoms with Gasteiger partial charge in [-0.05, 0) is 43.2 Å². The van der Waals surface area contributed by atoms with Crippen molar-refractivity contribution >= 4 is 29.1 Å². The molecule has 2 aliphatic rings. The maximum absolute atomic E-state index is 13.6. The number of ether oxygens (including phenoxy) is 3. The molecule has 0 saturated carbocycles. The van der Waals surface area contributed by atoms with Gasteiger partial charge in [0.1, 0.15) is 0 Å². The van der Waals surface area contributed by atoms with Crippen LogP contribution in [0.15, 0.2) is 63.5 Å². The minimum Gasteiger partial charge on any atom is -0.463 e. The van der Waals surface area contributed by atoms with Gasteiger partial charge in [0.15, 0.2) is 16.3 Å². The average Bonchev–Trinajstić information content (AvgIpc) is 3.42. The summed E-state index contributed by atoms with van der Waals surface area (Å²) >= 11 is 1.17. The fourth-order valence-electron chi connectivity index (χ4n) is 4.07. The van der Waals surface area contributed by atoms with Crippen molar-refractivity contribution in [2.75, 3.05) is 13.4 Å². The summed E-state index contributed by atoms with van der Waals surface area (Å²) in [6.45, 7) is 3.61. The third-order valence-corrected chi connectivity index (χ3v) is 6.59. The quantitative estimate of drug-likeness (QED) is 0.304. The predicted molar refractivity (Wildman–Crippen MR) is 126 cm³/mol. The average molecular weight is 493 g/mol. The van der Waals surface area contributed by atoms with Gasteiger partial charge >= 0.3 is 5.97 Å². The largest absolute Gasteiger partial charge is 0.463 e. The molecule has 0 amide bonds. The van der Waals surface area contributed by atoms with E-state index in [4.69, 9.17) is 14.2 Å². The lowest BCUT2D eigenvalue weighted by molar-refractivity contribution is -0.384. The number of carbonyl (C=O) groups excluding carboxylic acids is 1. The van der Waals surface area contributed by atoms with Crippen molar-refractivity contribution in [3.8, 4) is 11.5 Å². The second-order valence-electron chi connectivity index (χ2n) is 7.77. The Morgan fingerprint density at radius 3 is 2.86 bits per heavy atom. The van der Waals surface area contributed by atoms with Gasteiger partial charge in [-0.3, -0.25) is 19.5 Å². The molecule has 0 fully saturated rings. The Hall–Kier alpha value is -4.25. The smallest absolute Gasteiger partial charge is 0.338 e. The van der Waals surface area contributed by atoms with Crippen molar-refractivity contribution in [1.82, 2.24) is 4.57 Å². The van der Waals surface area contributed by atoms with Gasteiger partial charge in [-0.15, -0.1) is 0 Å². The van der Waals surface area contributed by atoms with E-state index >= 15 is 0 Å². The number of benzene rings is 2. The monoisotopic (exact) mass is 493 g/mol. The number of carbonyl (C=O) groups is 1. The van der Waals surface area contributed by atoms with Crippen LogP contribution in [0.2, 0.25) is 0 Å². The number of nitro benzene ring substituents is 1. The van der Waals surface area contributed by atoms with Gasteiger partial charge in [-0.2, -0.15) is 0 Å². The number of esters is 1. The van der Waals surface area contributed by atoms with E-state index in [0.29, 0.717) is 32.1 Å². The Morgan fingerprint density at radius 2 is 2.09 bits per heavy atom. The predicted octanol–water partition coefficient (Wildman–Crippen LogP) is 2.44. The molecule has 35 heavy (non-hydrogen) atoms. The molecule has 1 atom stereocenters. The van der Waals surface area contributed by atoms with Crippen LogP contribution in [0.25, 0.3) is 6.08 Å². The van der Waals surface area contributed by atoms with E-state index < -0.39 is 16.9 Å². The zero-order chi connectivity index (χ0) is 24.7. The Morgan fingerprint density at radius 1 is 1.29 bits per heavy atom. The third-order valence-electron chi connectivity index (χ3n) is 5.61. The summed E-state index contributed by atoms with van der Waals surface area (Å²) in [6, 6.07) is 10.3. The van der Waals surface area contributed by atoms with E-state index in [-0.39, 0.29) is 30.2 Å². The molecule has 0 bridgehead atoms. The second kappa shape index (κ2) is 8.84. The van der Waals surface area contributed by atoms with Crippen LogP contribution in [-0.2, 0) is 9.53 Å². The first-order valence-electron chi connectivity index (χ1n) is 10.7. The first kappa shape index (κ1) is 22.5. The van der Waals surface area contributed by atoms with Gasteiger partial charge in [0.25, 0.3) is 11.2 Å². The van der Waals surface area contributed by atoms with Gasteiger partial charge in [0, 0.05) is 12.1 Å². The highest BCUT2D eigenvalue weighted by Gasteiger charge is 2.34. The van der Waals surface area contributed by atoms with E-state index in [0.717, 1.165) is 5.56 Å². The van der Waals surface area contributed by atoms with Crippen LogP contribution < -0.4 is 24.4 Å². The van der Waals surface area contributed by atoms with Crippen molar-refractivity contribution in [3.05, 3.63) is 94.7 Å². The van der Waals surface area contributed by atoms with Crippen molar-refractivity contribution in [2.24, 2.45) is 4.99 Å². The number of fused-ring (bicyclic) bond motifs is 2. The van der Waals surface area contributed by atoms with Crippen molar-refractivity contribution < 1.29 is 23.9 Å². The van der Waals surface area contributed by atoms with E-state index in [9.17, 15) is 19.7 Å². The van der Waals surface area contributed by atoms with Crippen molar-refractivity contribution in [2.45, 2.75) is 19.9 Å². The molecule has 0 spiro atoms. The number of rotatable bonds is 5. The Bertz CT molecular complexity index is 1590. The molecule has 0 aliphatic carbocycles. The van der Waals surface area contributed by atoms with Crippen LogP contribution >= 0.6 is 11.3 Å². The standard InChI is InChI=1S/C24H19N3O7S/c1-3-32-23(29)20-13(2)25-24-26(21(20)15-5-4-6-16(11-15)27(30)31)22(28)19(35-24)10-14-7-8-17-18(9-14)34-12-33-17/h4-11,21H,3,12H2,1-2H3/b19-10+/t21-/m1/s1. The number of non-ortho nitro benzene ring substituents is 1. The van der Waals surface area contributed by atoms with Crippen LogP contribution in [-0.4, -0.2) is 28.9 Å². The van der Waals surface area contributed by atoms with E-state index in [1.54, 1.807) is 44.2 Å². The van der Waals surface area contributed by atoms with E-state index in [1.165, 1.54) is 34.1 Å². The Kier molecular flexibility index (Phi) is 5.69. The molecule has 5 rings (SSSR count). The minimum atomic E-state index is -0.927. The minimum absolute atomic E-state index is 0.131. The topological polar surface area (TPSA) is 122 Å². The molecule has 0 N–H and O–H groups in total. The lowest BCUT2D eigenvalue weighted by Gasteiger charge is -2.24. The molecule has 3 heterocycles. The molecular weight excluding hydrogens is 474 g/mol.